The maximum atomic E-state index is 5.76. The molecule has 0 saturated carbocycles. The van der Waals surface area contributed by atoms with Crippen molar-refractivity contribution in [2.75, 3.05) is 20.3 Å². The highest BCUT2D eigenvalue weighted by molar-refractivity contribution is 4.89. The summed E-state index contributed by atoms with van der Waals surface area (Å²) >= 11 is 0. The molecular weight excluding hydrogens is 164 g/mol. The molecule has 3 nitrogen and oxygen atoms in total. The Balaban J connectivity index is 4.19. The summed E-state index contributed by atoms with van der Waals surface area (Å²) in [5.74, 6) is 0. The lowest BCUT2D eigenvalue weighted by atomic mass is 9.96. The quantitative estimate of drug-likeness (QED) is 0.629. The second-order valence-electron chi connectivity index (χ2n) is 3.72. The summed E-state index contributed by atoms with van der Waals surface area (Å²) in [7, 11) is 1.72. The van der Waals surface area contributed by atoms with Crippen molar-refractivity contribution in [3.8, 4) is 0 Å². The van der Waals surface area contributed by atoms with Gasteiger partial charge in [-0.15, -0.1) is 0 Å². The molecule has 0 rings (SSSR count). The van der Waals surface area contributed by atoms with Gasteiger partial charge in [-0.25, -0.2) is 0 Å². The first-order valence-electron chi connectivity index (χ1n) is 5.10. The van der Waals surface area contributed by atoms with E-state index in [0.29, 0.717) is 19.2 Å². The first-order chi connectivity index (χ1) is 6.14. The predicted molar refractivity (Wildman–Crippen MR) is 56.8 cm³/mol. The number of hydrogen-bond donors (Lipinski definition) is 2. The Kier molecular flexibility index (Phi) is 6.29. The van der Waals surface area contributed by atoms with Gasteiger partial charge >= 0.3 is 0 Å². The van der Waals surface area contributed by atoms with Gasteiger partial charge in [-0.2, -0.15) is 0 Å². The lowest BCUT2D eigenvalue weighted by Gasteiger charge is -2.34. The predicted octanol–water partition coefficient (Wildman–Crippen LogP) is 1.13. The molecule has 0 aliphatic rings. The van der Waals surface area contributed by atoms with Crippen LogP contribution in [0.5, 0.6) is 0 Å². The van der Waals surface area contributed by atoms with Gasteiger partial charge in [0.25, 0.3) is 0 Å². The van der Waals surface area contributed by atoms with Crippen molar-refractivity contribution in [2.45, 2.75) is 45.2 Å². The molecule has 0 aromatic carbocycles. The minimum absolute atomic E-state index is 0.0375. The molecule has 0 aliphatic heterocycles. The van der Waals surface area contributed by atoms with E-state index in [1.807, 2.05) is 0 Å². The molecule has 3 N–H and O–H groups in total. The van der Waals surface area contributed by atoms with Gasteiger partial charge in [-0.05, 0) is 19.8 Å². The maximum absolute atomic E-state index is 5.76. The van der Waals surface area contributed by atoms with E-state index in [1.54, 1.807) is 7.11 Å². The molecular formula is C10H24N2O. The molecule has 0 spiro atoms. The summed E-state index contributed by atoms with van der Waals surface area (Å²) in [4.78, 5) is 0. The Labute approximate surface area is 82.0 Å². The van der Waals surface area contributed by atoms with Crippen LogP contribution in [0.1, 0.15) is 33.6 Å². The molecule has 0 fully saturated rings. The Morgan fingerprint density at radius 2 is 2.08 bits per heavy atom. The zero-order valence-corrected chi connectivity index (χ0v) is 9.39. The molecule has 0 bridgehead atoms. The highest BCUT2D eigenvalue weighted by Crippen LogP contribution is 2.11. The summed E-state index contributed by atoms with van der Waals surface area (Å²) in [6.07, 6.45) is 2.12. The van der Waals surface area contributed by atoms with Crippen LogP contribution in [0.4, 0.5) is 0 Å². The van der Waals surface area contributed by atoms with E-state index in [0.717, 1.165) is 12.8 Å². The maximum Gasteiger partial charge on any atom is 0.0656 e. The van der Waals surface area contributed by atoms with Crippen LogP contribution in [-0.2, 0) is 4.74 Å². The van der Waals surface area contributed by atoms with Crippen molar-refractivity contribution in [1.82, 2.24) is 5.32 Å². The Bertz CT molecular complexity index is 124. The smallest absolute Gasteiger partial charge is 0.0656 e. The van der Waals surface area contributed by atoms with Crippen molar-refractivity contribution in [3.63, 3.8) is 0 Å². The average Bonchev–Trinajstić information content (AvgIpc) is 2.17. The summed E-state index contributed by atoms with van der Waals surface area (Å²) < 4.78 is 5.19. The van der Waals surface area contributed by atoms with Crippen LogP contribution >= 0.6 is 0 Å². The van der Waals surface area contributed by atoms with E-state index in [1.165, 1.54) is 0 Å². The van der Waals surface area contributed by atoms with Gasteiger partial charge in [0.05, 0.1) is 12.1 Å². The third kappa shape index (κ3) is 4.07. The molecule has 2 unspecified atom stereocenters. The highest BCUT2D eigenvalue weighted by Gasteiger charge is 2.27. The standard InChI is InChI=1S/C10H24N2O/c1-5-9(3)12-10(6-2,7-11)8-13-4/h9,12H,5-8,11H2,1-4H3. The van der Waals surface area contributed by atoms with Crippen molar-refractivity contribution < 1.29 is 4.74 Å². The fourth-order valence-electron chi connectivity index (χ4n) is 1.41. The third-order valence-corrected chi connectivity index (χ3v) is 2.65. The fraction of sp³-hybridized carbons (Fsp3) is 1.00. The third-order valence-electron chi connectivity index (χ3n) is 2.65. The Hall–Kier alpha value is -0.120. The first-order valence-corrected chi connectivity index (χ1v) is 5.10. The average molecular weight is 188 g/mol. The molecule has 80 valence electrons. The monoisotopic (exact) mass is 188 g/mol. The lowest BCUT2D eigenvalue weighted by Crippen LogP contribution is -2.57. The zero-order chi connectivity index (χ0) is 10.3. The molecule has 0 aliphatic carbocycles. The highest BCUT2D eigenvalue weighted by atomic mass is 16.5. The van der Waals surface area contributed by atoms with Crippen LogP contribution in [0.15, 0.2) is 0 Å². The van der Waals surface area contributed by atoms with Crippen molar-refractivity contribution in [2.24, 2.45) is 5.73 Å². The molecule has 0 saturated heterocycles. The molecule has 0 heterocycles. The number of hydrogen-bond acceptors (Lipinski definition) is 3. The van der Waals surface area contributed by atoms with Gasteiger partial charge in [0.15, 0.2) is 0 Å². The summed E-state index contributed by atoms with van der Waals surface area (Å²) in [6.45, 7) is 7.80. The van der Waals surface area contributed by atoms with E-state index in [-0.39, 0.29) is 5.54 Å². The van der Waals surface area contributed by atoms with Crippen LogP contribution in [0.25, 0.3) is 0 Å². The van der Waals surface area contributed by atoms with Gasteiger partial charge in [0.1, 0.15) is 0 Å². The van der Waals surface area contributed by atoms with Gasteiger partial charge < -0.3 is 15.8 Å². The lowest BCUT2D eigenvalue weighted by molar-refractivity contribution is 0.102. The van der Waals surface area contributed by atoms with Crippen LogP contribution in [0.2, 0.25) is 0 Å². The van der Waals surface area contributed by atoms with Crippen LogP contribution < -0.4 is 11.1 Å². The van der Waals surface area contributed by atoms with E-state index in [4.69, 9.17) is 10.5 Å². The number of nitrogens with two attached hydrogens (primary N) is 1. The van der Waals surface area contributed by atoms with E-state index < -0.39 is 0 Å². The zero-order valence-electron chi connectivity index (χ0n) is 9.39. The summed E-state index contributed by atoms with van der Waals surface area (Å²) in [5.41, 5.74) is 5.73. The molecule has 0 aromatic rings. The molecule has 2 atom stereocenters. The van der Waals surface area contributed by atoms with Gasteiger partial charge in [-0.1, -0.05) is 13.8 Å². The van der Waals surface area contributed by atoms with E-state index in [2.05, 4.69) is 26.1 Å². The normalized spacial score (nSPS) is 18.2. The topological polar surface area (TPSA) is 47.3 Å². The molecule has 0 aromatic heterocycles. The SMILES string of the molecule is CCC(C)NC(CC)(CN)COC. The van der Waals surface area contributed by atoms with Gasteiger partial charge in [0, 0.05) is 19.7 Å². The number of methoxy groups -OCH3 is 1. The van der Waals surface area contributed by atoms with Crippen molar-refractivity contribution >= 4 is 0 Å². The molecule has 3 heteroatoms. The minimum Gasteiger partial charge on any atom is -0.383 e. The second-order valence-corrected chi connectivity index (χ2v) is 3.72. The molecule has 13 heavy (non-hydrogen) atoms. The van der Waals surface area contributed by atoms with Crippen LogP contribution in [-0.4, -0.2) is 31.8 Å². The first kappa shape index (κ1) is 12.9. The van der Waals surface area contributed by atoms with E-state index in [9.17, 15) is 0 Å². The second kappa shape index (κ2) is 6.35. The van der Waals surface area contributed by atoms with Crippen molar-refractivity contribution in [1.29, 1.82) is 0 Å². The fourth-order valence-corrected chi connectivity index (χ4v) is 1.41. The van der Waals surface area contributed by atoms with Gasteiger partial charge in [0.2, 0.25) is 0 Å². The van der Waals surface area contributed by atoms with E-state index >= 15 is 0 Å². The minimum atomic E-state index is -0.0375. The number of nitrogens with one attached hydrogen (secondary N) is 1. The largest absolute Gasteiger partial charge is 0.383 e. The molecule has 0 radical (unpaired) electrons. The summed E-state index contributed by atoms with van der Waals surface area (Å²) in [6, 6.07) is 0.499. The Morgan fingerprint density at radius 1 is 1.46 bits per heavy atom. The number of rotatable bonds is 7. The van der Waals surface area contributed by atoms with Crippen LogP contribution in [0, 0.1) is 0 Å². The molecule has 0 amide bonds. The van der Waals surface area contributed by atoms with Crippen molar-refractivity contribution in [3.05, 3.63) is 0 Å². The van der Waals surface area contributed by atoms with Crippen LogP contribution in [0.3, 0.4) is 0 Å². The Morgan fingerprint density at radius 3 is 2.38 bits per heavy atom. The van der Waals surface area contributed by atoms with Gasteiger partial charge in [-0.3, -0.25) is 0 Å². The summed E-state index contributed by atoms with van der Waals surface area (Å²) in [5, 5.41) is 3.53. The number of ether oxygens (including phenoxy) is 1.